The predicted octanol–water partition coefficient (Wildman–Crippen LogP) is 4.35. The number of ether oxygens (including phenoxy) is 1. The number of hydrogen-bond donors (Lipinski definition) is 2. The third-order valence-electron chi connectivity index (χ3n) is 8.99. The number of pyridine rings is 1. The SMILES string of the molecule is C[C@]1(N2CCC(c3cc4cc(NC(=O)[C@H]5CC56CCC6)ncc4cc3Cl)CC2)COC[C@H]1O. The molecule has 3 atom stereocenters. The molecular weight excluding hydrogens is 438 g/mol. The highest BCUT2D eigenvalue weighted by Gasteiger charge is 2.60. The molecular formula is C26H32ClN3O3. The van der Waals surface area contributed by atoms with Gasteiger partial charge in [0.1, 0.15) is 5.82 Å². The highest BCUT2D eigenvalue weighted by molar-refractivity contribution is 6.32. The molecule has 3 heterocycles. The van der Waals surface area contributed by atoms with Crippen LogP contribution in [0.1, 0.15) is 56.9 Å². The molecule has 4 aliphatic rings. The van der Waals surface area contributed by atoms with E-state index in [1.54, 1.807) is 6.20 Å². The van der Waals surface area contributed by atoms with E-state index in [0.29, 0.717) is 30.4 Å². The standard InChI is InChI=1S/C26H32ClN3O3/c1-25(15-33-14-22(25)31)30-7-3-16(4-8-30)19-9-17-11-23(28-13-18(17)10-21(19)27)29-24(32)20-12-26(20)5-2-6-26/h9-11,13,16,20,22,31H,2-8,12,14-15H2,1H3,(H,28,29,32)/t20-,22-,25+/m1/s1. The summed E-state index contributed by atoms with van der Waals surface area (Å²) in [7, 11) is 0. The Morgan fingerprint density at radius 3 is 2.67 bits per heavy atom. The van der Waals surface area contributed by atoms with Crippen molar-refractivity contribution in [1.82, 2.24) is 9.88 Å². The Kier molecular flexibility index (Phi) is 5.22. The molecule has 1 spiro atoms. The van der Waals surface area contributed by atoms with Gasteiger partial charge in [-0.25, -0.2) is 4.98 Å². The molecule has 2 aliphatic heterocycles. The first-order chi connectivity index (χ1) is 15.9. The van der Waals surface area contributed by atoms with E-state index in [2.05, 4.69) is 28.2 Å². The minimum atomic E-state index is -0.436. The zero-order chi connectivity index (χ0) is 22.8. The molecule has 33 heavy (non-hydrogen) atoms. The van der Waals surface area contributed by atoms with Crippen molar-refractivity contribution in [3.8, 4) is 0 Å². The van der Waals surface area contributed by atoms with Crippen LogP contribution in [0.3, 0.4) is 0 Å². The van der Waals surface area contributed by atoms with E-state index in [1.807, 2.05) is 12.1 Å². The minimum Gasteiger partial charge on any atom is -0.389 e. The van der Waals surface area contributed by atoms with Crippen molar-refractivity contribution in [2.75, 3.05) is 31.6 Å². The Bertz CT molecular complexity index is 1100. The molecule has 6 nitrogen and oxygen atoms in total. The van der Waals surface area contributed by atoms with Gasteiger partial charge in [-0.15, -0.1) is 0 Å². The Morgan fingerprint density at radius 2 is 2.03 bits per heavy atom. The second-order valence-corrected chi connectivity index (χ2v) is 11.3. The number of fused-ring (bicyclic) bond motifs is 1. The van der Waals surface area contributed by atoms with Gasteiger partial charge in [0.2, 0.25) is 5.91 Å². The van der Waals surface area contributed by atoms with Gasteiger partial charge in [0.25, 0.3) is 0 Å². The molecule has 1 amide bonds. The number of rotatable bonds is 4. The van der Waals surface area contributed by atoms with Crippen molar-refractivity contribution < 1.29 is 14.6 Å². The molecule has 176 valence electrons. The molecule has 2 aromatic rings. The average Bonchev–Trinajstić information content (AvgIpc) is 3.48. The van der Waals surface area contributed by atoms with E-state index >= 15 is 0 Å². The van der Waals surface area contributed by atoms with Crippen LogP contribution in [0.5, 0.6) is 0 Å². The van der Waals surface area contributed by atoms with Crippen LogP contribution in [0.4, 0.5) is 5.82 Å². The lowest BCUT2D eigenvalue weighted by molar-refractivity contribution is -0.118. The van der Waals surface area contributed by atoms with Crippen molar-refractivity contribution in [1.29, 1.82) is 0 Å². The van der Waals surface area contributed by atoms with Crippen molar-refractivity contribution in [3.63, 3.8) is 0 Å². The lowest BCUT2D eigenvalue weighted by Gasteiger charge is -2.43. The van der Waals surface area contributed by atoms with Crippen LogP contribution >= 0.6 is 11.6 Å². The highest BCUT2D eigenvalue weighted by Crippen LogP contribution is 2.65. The first-order valence-electron chi connectivity index (χ1n) is 12.3. The quantitative estimate of drug-likeness (QED) is 0.696. The number of carbonyl (C=O) groups excluding carboxylic acids is 1. The zero-order valence-corrected chi connectivity index (χ0v) is 19.9. The summed E-state index contributed by atoms with van der Waals surface area (Å²) in [6.45, 7) is 4.93. The van der Waals surface area contributed by atoms with Gasteiger partial charge in [0.15, 0.2) is 0 Å². The largest absolute Gasteiger partial charge is 0.389 e. The number of piperidine rings is 1. The van der Waals surface area contributed by atoms with E-state index in [0.717, 1.165) is 53.7 Å². The van der Waals surface area contributed by atoms with E-state index in [9.17, 15) is 9.90 Å². The number of aromatic nitrogens is 1. The van der Waals surface area contributed by atoms with Gasteiger partial charge in [0, 0.05) is 22.5 Å². The summed E-state index contributed by atoms with van der Waals surface area (Å²) < 4.78 is 5.53. The van der Waals surface area contributed by atoms with Gasteiger partial charge >= 0.3 is 0 Å². The van der Waals surface area contributed by atoms with E-state index in [-0.39, 0.29) is 17.4 Å². The third kappa shape index (κ3) is 3.66. The summed E-state index contributed by atoms with van der Waals surface area (Å²) in [4.78, 5) is 19.5. The maximum Gasteiger partial charge on any atom is 0.229 e. The summed E-state index contributed by atoms with van der Waals surface area (Å²) in [5.41, 5.74) is 1.18. The Balaban J connectivity index is 1.17. The minimum absolute atomic E-state index is 0.120. The Hall–Kier alpha value is -1.73. The van der Waals surface area contributed by atoms with Crippen LogP contribution in [-0.4, -0.2) is 58.8 Å². The number of aliphatic hydroxyl groups excluding tert-OH is 1. The predicted molar refractivity (Wildman–Crippen MR) is 129 cm³/mol. The molecule has 2 aliphatic carbocycles. The summed E-state index contributed by atoms with van der Waals surface area (Å²) in [5.74, 6) is 1.28. The molecule has 4 fully saturated rings. The molecule has 2 saturated carbocycles. The molecule has 1 aromatic heterocycles. The molecule has 1 aromatic carbocycles. The van der Waals surface area contributed by atoms with Crippen LogP contribution in [0.2, 0.25) is 5.02 Å². The van der Waals surface area contributed by atoms with Crippen molar-refractivity contribution in [3.05, 3.63) is 35.0 Å². The van der Waals surface area contributed by atoms with Gasteiger partial charge in [-0.3, -0.25) is 9.69 Å². The number of carbonyl (C=O) groups is 1. The summed E-state index contributed by atoms with van der Waals surface area (Å²) in [5, 5.41) is 16.3. The van der Waals surface area contributed by atoms with Gasteiger partial charge in [0.05, 0.1) is 24.9 Å². The smallest absolute Gasteiger partial charge is 0.229 e. The first kappa shape index (κ1) is 21.8. The van der Waals surface area contributed by atoms with E-state index < -0.39 is 6.10 Å². The topological polar surface area (TPSA) is 74.7 Å². The summed E-state index contributed by atoms with van der Waals surface area (Å²) in [6.07, 6.45) is 8.04. The average molecular weight is 470 g/mol. The van der Waals surface area contributed by atoms with Crippen LogP contribution in [-0.2, 0) is 9.53 Å². The maximum absolute atomic E-state index is 12.7. The van der Waals surface area contributed by atoms with Crippen molar-refractivity contribution in [2.24, 2.45) is 11.3 Å². The molecule has 0 unspecified atom stereocenters. The van der Waals surface area contributed by atoms with E-state index in [4.69, 9.17) is 16.3 Å². The lowest BCUT2D eigenvalue weighted by Crippen LogP contribution is -2.56. The van der Waals surface area contributed by atoms with Crippen LogP contribution < -0.4 is 5.32 Å². The number of halogens is 1. The second kappa shape index (κ2) is 7.91. The Labute approximate surface area is 199 Å². The monoisotopic (exact) mass is 469 g/mol. The third-order valence-corrected chi connectivity index (χ3v) is 9.32. The summed E-state index contributed by atoms with van der Waals surface area (Å²) >= 11 is 6.71. The van der Waals surface area contributed by atoms with Gasteiger partial charge < -0.3 is 15.2 Å². The fourth-order valence-corrected chi connectivity index (χ4v) is 6.66. The number of benzene rings is 1. The van der Waals surface area contributed by atoms with Gasteiger partial charge in [-0.05, 0) is 92.6 Å². The molecule has 6 rings (SSSR count). The first-order valence-corrected chi connectivity index (χ1v) is 12.7. The fourth-order valence-electron chi connectivity index (χ4n) is 6.34. The number of hydrogen-bond acceptors (Lipinski definition) is 5. The number of anilines is 1. The summed E-state index contributed by atoms with van der Waals surface area (Å²) in [6, 6.07) is 6.15. The van der Waals surface area contributed by atoms with Crippen LogP contribution in [0.15, 0.2) is 24.4 Å². The van der Waals surface area contributed by atoms with Gasteiger partial charge in [-0.1, -0.05) is 18.0 Å². The second-order valence-electron chi connectivity index (χ2n) is 10.9. The number of nitrogens with zero attached hydrogens (tertiary/aromatic N) is 2. The molecule has 7 heteroatoms. The molecule has 2 N–H and O–H groups in total. The molecule has 0 bridgehead atoms. The number of aliphatic hydroxyl groups is 1. The van der Waals surface area contributed by atoms with Crippen LogP contribution in [0, 0.1) is 11.3 Å². The van der Waals surface area contributed by atoms with Crippen molar-refractivity contribution >= 4 is 34.1 Å². The molecule has 0 radical (unpaired) electrons. The Morgan fingerprint density at radius 1 is 1.24 bits per heavy atom. The number of nitrogens with one attached hydrogen (secondary N) is 1. The number of likely N-dealkylation sites (tertiary alicyclic amines) is 1. The fraction of sp³-hybridized carbons (Fsp3) is 0.615. The van der Waals surface area contributed by atoms with Crippen molar-refractivity contribution in [2.45, 2.75) is 63.0 Å². The van der Waals surface area contributed by atoms with Crippen LogP contribution in [0.25, 0.3) is 10.8 Å². The lowest BCUT2D eigenvalue weighted by atomic mass is 9.80. The van der Waals surface area contributed by atoms with Gasteiger partial charge in [-0.2, -0.15) is 0 Å². The zero-order valence-electron chi connectivity index (χ0n) is 19.1. The molecule has 2 saturated heterocycles. The van der Waals surface area contributed by atoms with E-state index in [1.165, 1.54) is 19.3 Å². The highest BCUT2D eigenvalue weighted by atomic mass is 35.5. The maximum atomic E-state index is 12.7. The number of amides is 1. The normalized spacial score (nSPS) is 31.6.